The molecule has 0 saturated heterocycles. The van der Waals surface area contributed by atoms with Gasteiger partial charge in [-0.1, -0.05) is 31.4 Å². The van der Waals surface area contributed by atoms with E-state index in [0.29, 0.717) is 11.3 Å². The van der Waals surface area contributed by atoms with E-state index < -0.39 is 0 Å². The molecule has 0 rings (SSSR count). The summed E-state index contributed by atoms with van der Waals surface area (Å²) >= 11 is 0. The first-order chi connectivity index (χ1) is 6.54. The molecule has 76 valence electrons. The molecule has 0 saturated carbocycles. The standard InChI is InChI=1S/C12H17NO/c1-6-8-10(3)12(14)13(5)11(4)9-7-2/h6-9H,3-4H2,1-2,5H3. The van der Waals surface area contributed by atoms with Gasteiger partial charge in [0.1, 0.15) is 0 Å². The highest BCUT2D eigenvalue weighted by Gasteiger charge is 2.11. The first-order valence-corrected chi connectivity index (χ1v) is 4.45. The Bertz CT molecular complexity index is 297. The molecular formula is C12H17NO. The van der Waals surface area contributed by atoms with Crippen LogP contribution >= 0.6 is 0 Å². The molecule has 1 amide bonds. The van der Waals surface area contributed by atoms with Crippen molar-refractivity contribution in [1.82, 2.24) is 4.90 Å². The lowest BCUT2D eigenvalue weighted by molar-refractivity contribution is -0.123. The molecule has 0 radical (unpaired) electrons. The van der Waals surface area contributed by atoms with Crippen LogP contribution < -0.4 is 0 Å². The van der Waals surface area contributed by atoms with Crippen LogP contribution in [0.25, 0.3) is 0 Å². The van der Waals surface area contributed by atoms with E-state index in [9.17, 15) is 4.79 Å². The van der Waals surface area contributed by atoms with Gasteiger partial charge in [0, 0.05) is 18.3 Å². The summed E-state index contributed by atoms with van der Waals surface area (Å²) in [6.45, 7) is 11.2. The highest BCUT2D eigenvalue weighted by Crippen LogP contribution is 2.06. The van der Waals surface area contributed by atoms with Crippen molar-refractivity contribution in [3.8, 4) is 0 Å². The molecule has 2 heteroatoms. The maximum absolute atomic E-state index is 11.6. The fraction of sp³-hybridized carbons (Fsp3) is 0.250. The average molecular weight is 191 g/mol. The zero-order valence-electron chi connectivity index (χ0n) is 9.08. The van der Waals surface area contributed by atoms with Gasteiger partial charge < -0.3 is 4.90 Å². The summed E-state index contributed by atoms with van der Waals surface area (Å²) in [6.07, 6.45) is 7.08. The van der Waals surface area contributed by atoms with E-state index in [1.165, 1.54) is 4.90 Å². The second-order valence-electron chi connectivity index (χ2n) is 2.88. The Hall–Kier alpha value is -1.57. The van der Waals surface area contributed by atoms with Crippen LogP contribution in [0.3, 0.4) is 0 Å². The molecule has 0 aromatic carbocycles. The number of nitrogens with zero attached hydrogens (tertiary/aromatic N) is 1. The van der Waals surface area contributed by atoms with Gasteiger partial charge in [0.15, 0.2) is 0 Å². The van der Waals surface area contributed by atoms with E-state index in [0.717, 1.165) is 0 Å². The van der Waals surface area contributed by atoms with Crippen LogP contribution in [0.5, 0.6) is 0 Å². The summed E-state index contributed by atoms with van der Waals surface area (Å²) in [5.74, 6) is -0.133. The largest absolute Gasteiger partial charge is 0.312 e. The fourth-order valence-corrected chi connectivity index (χ4v) is 0.923. The Morgan fingerprint density at radius 3 is 2.07 bits per heavy atom. The van der Waals surface area contributed by atoms with Gasteiger partial charge in [-0.3, -0.25) is 4.79 Å². The van der Waals surface area contributed by atoms with Crippen molar-refractivity contribution in [2.24, 2.45) is 0 Å². The quantitative estimate of drug-likeness (QED) is 0.494. The number of amides is 1. The van der Waals surface area contributed by atoms with Crippen molar-refractivity contribution in [1.29, 1.82) is 0 Å². The first-order valence-electron chi connectivity index (χ1n) is 4.45. The number of hydrogen-bond donors (Lipinski definition) is 0. The van der Waals surface area contributed by atoms with Gasteiger partial charge in [-0.15, -0.1) is 0 Å². The number of rotatable bonds is 4. The van der Waals surface area contributed by atoms with Crippen molar-refractivity contribution in [2.75, 3.05) is 7.05 Å². The predicted octanol–water partition coefficient (Wildman–Crippen LogP) is 2.67. The Labute approximate surface area is 85.9 Å². The van der Waals surface area contributed by atoms with Crippen LogP contribution in [0, 0.1) is 0 Å². The molecule has 0 atom stereocenters. The minimum absolute atomic E-state index is 0.133. The number of carbonyl (C=O) groups is 1. The van der Waals surface area contributed by atoms with E-state index in [-0.39, 0.29) is 5.91 Å². The van der Waals surface area contributed by atoms with Gasteiger partial charge in [-0.2, -0.15) is 0 Å². The van der Waals surface area contributed by atoms with E-state index in [1.54, 1.807) is 25.3 Å². The molecule has 0 unspecified atom stereocenters. The molecule has 0 fully saturated rings. The maximum atomic E-state index is 11.6. The topological polar surface area (TPSA) is 20.3 Å². The summed E-state index contributed by atoms with van der Waals surface area (Å²) < 4.78 is 0. The fourth-order valence-electron chi connectivity index (χ4n) is 0.923. The molecule has 0 N–H and O–H groups in total. The van der Waals surface area contributed by atoms with Crippen LogP contribution in [0.4, 0.5) is 0 Å². The van der Waals surface area contributed by atoms with Gasteiger partial charge in [0.25, 0.3) is 5.91 Å². The van der Waals surface area contributed by atoms with Gasteiger partial charge in [-0.05, 0) is 19.9 Å². The van der Waals surface area contributed by atoms with Crippen molar-refractivity contribution in [2.45, 2.75) is 13.8 Å². The SMILES string of the molecule is C=C(C=CC)C(=O)N(C)C(=C)C=CC. The number of likely N-dealkylation sites (N-methyl/N-ethyl adjacent to an activating group) is 1. The molecule has 0 aromatic heterocycles. The monoisotopic (exact) mass is 191 g/mol. The normalized spacial score (nSPS) is 10.8. The van der Waals surface area contributed by atoms with Crippen LogP contribution in [0.15, 0.2) is 48.7 Å². The van der Waals surface area contributed by atoms with E-state index >= 15 is 0 Å². The lowest BCUT2D eigenvalue weighted by atomic mass is 10.2. The van der Waals surface area contributed by atoms with Crippen molar-refractivity contribution in [3.63, 3.8) is 0 Å². The number of carbonyl (C=O) groups excluding carboxylic acids is 1. The van der Waals surface area contributed by atoms with E-state index in [4.69, 9.17) is 0 Å². The number of hydrogen-bond acceptors (Lipinski definition) is 1. The molecule has 0 aliphatic heterocycles. The smallest absolute Gasteiger partial charge is 0.257 e. The molecule has 2 nitrogen and oxygen atoms in total. The summed E-state index contributed by atoms with van der Waals surface area (Å²) in [6, 6.07) is 0. The molecule has 0 spiro atoms. The van der Waals surface area contributed by atoms with Crippen molar-refractivity contribution in [3.05, 3.63) is 48.7 Å². The van der Waals surface area contributed by atoms with Crippen LogP contribution in [0.2, 0.25) is 0 Å². The third-order valence-corrected chi connectivity index (χ3v) is 1.74. The molecule has 0 aliphatic rings. The highest BCUT2D eigenvalue weighted by atomic mass is 16.2. The zero-order valence-corrected chi connectivity index (χ0v) is 9.08. The zero-order chi connectivity index (χ0) is 11.1. The summed E-state index contributed by atoms with van der Waals surface area (Å²) in [5, 5.41) is 0. The highest BCUT2D eigenvalue weighted by molar-refractivity contribution is 5.96. The summed E-state index contributed by atoms with van der Waals surface area (Å²) in [4.78, 5) is 13.1. The third kappa shape index (κ3) is 3.44. The van der Waals surface area contributed by atoms with Crippen LogP contribution in [-0.2, 0) is 4.79 Å². The van der Waals surface area contributed by atoms with Crippen LogP contribution in [0.1, 0.15) is 13.8 Å². The minimum atomic E-state index is -0.133. The molecule has 0 aromatic rings. The molecule has 0 aliphatic carbocycles. The van der Waals surface area contributed by atoms with Crippen molar-refractivity contribution < 1.29 is 4.79 Å². The lowest BCUT2D eigenvalue weighted by Crippen LogP contribution is -2.25. The molecule has 0 heterocycles. The summed E-state index contributed by atoms with van der Waals surface area (Å²) in [5.41, 5.74) is 1.11. The third-order valence-electron chi connectivity index (χ3n) is 1.74. The Balaban J connectivity index is 4.54. The Kier molecular flexibility index (Phi) is 5.30. The number of allylic oxidation sites excluding steroid dienone is 3. The van der Waals surface area contributed by atoms with Crippen molar-refractivity contribution >= 4 is 5.91 Å². The molecular weight excluding hydrogens is 174 g/mol. The lowest BCUT2D eigenvalue weighted by Gasteiger charge is -2.17. The Morgan fingerprint density at radius 1 is 1.14 bits per heavy atom. The van der Waals surface area contributed by atoms with Gasteiger partial charge >= 0.3 is 0 Å². The summed E-state index contributed by atoms with van der Waals surface area (Å²) in [7, 11) is 1.68. The average Bonchev–Trinajstić information content (AvgIpc) is 2.16. The second kappa shape index (κ2) is 5.97. The predicted molar refractivity (Wildman–Crippen MR) is 60.7 cm³/mol. The van der Waals surface area contributed by atoms with E-state index in [2.05, 4.69) is 13.2 Å². The van der Waals surface area contributed by atoms with Gasteiger partial charge in [-0.25, -0.2) is 0 Å². The first kappa shape index (κ1) is 12.4. The Morgan fingerprint density at radius 2 is 1.64 bits per heavy atom. The molecule has 14 heavy (non-hydrogen) atoms. The van der Waals surface area contributed by atoms with Gasteiger partial charge in [0.2, 0.25) is 0 Å². The van der Waals surface area contributed by atoms with Gasteiger partial charge in [0.05, 0.1) is 0 Å². The maximum Gasteiger partial charge on any atom is 0.257 e. The second-order valence-corrected chi connectivity index (χ2v) is 2.88. The van der Waals surface area contributed by atoms with Crippen LogP contribution in [-0.4, -0.2) is 17.9 Å². The minimum Gasteiger partial charge on any atom is -0.312 e. The van der Waals surface area contributed by atoms with E-state index in [1.807, 2.05) is 19.9 Å². The molecule has 0 bridgehead atoms.